The highest BCUT2D eigenvalue weighted by molar-refractivity contribution is 5.72. The van der Waals surface area contributed by atoms with Gasteiger partial charge in [0.15, 0.2) is 24.8 Å². The first-order valence-corrected chi connectivity index (χ1v) is 25.9. The summed E-state index contributed by atoms with van der Waals surface area (Å²) in [5, 5.41) is 29.4. The fourth-order valence-corrected chi connectivity index (χ4v) is 9.81. The molecule has 8 aromatic rings. The second-order valence-electron chi connectivity index (χ2n) is 20.7. The number of hydrogen-bond acceptors (Lipinski definition) is 9. The molecule has 0 radical (unpaired) electrons. The largest absolute Gasteiger partial charge is 0.508 e. The minimum Gasteiger partial charge on any atom is -0.508 e. The topological polar surface area (TPSA) is 116 Å². The molecule has 0 fully saturated rings. The van der Waals surface area contributed by atoms with Crippen LogP contribution in [0.25, 0.3) is 9.69 Å². The Hall–Kier alpha value is -9.89. The molecule has 8 aromatic carbocycles. The van der Waals surface area contributed by atoms with E-state index in [2.05, 4.69) is 109 Å². The van der Waals surface area contributed by atoms with E-state index in [-0.39, 0.29) is 16.5 Å². The van der Waals surface area contributed by atoms with Crippen LogP contribution in [0.1, 0.15) is 83.3 Å². The molecular formula is C68H61N5O6. The van der Waals surface area contributed by atoms with Gasteiger partial charge >= 0.3 is 0 Å². The van der Waals surface area contributed by atoms with Crippen LogP contribution in [0, 0.1) is 31.4 Å². The number of aryl methyl sites for hydroxylation is 1. The van der Waals surface area contributed by atoms with Crippen LogP contribution < -0.4 is 28.7 Å². The monoisotopic (exact) mass is 1040 g/mol. The second kappa shape index (κ2) is 23.2. The summed E-state index contributed by atoms with van der Waals surface area (Å²) >= 11 is 0. The molecule has 0 spiro atoms. The van der Waals surface area contributed by atoms with Gasteiger partial charge in [-0.3, -0.25) is 4.85 Å². The van der Waals surface area contributed by atoms with E-state index in [4.69, 9.17) is 32.1 Å². The maximum Gasteiger partial charge on any atom is 0.198 e. The number of fused-ring (bicyclic) bond motifs is 2. The summed E-state index contributed by atoms with van der Waals surface area (Å²) < 4.78 is 24.7. The molecule has 394 valence electrons. The Kier molecular flexibility index (Phi) is 15.8. The average molecular weight is 1040 g/mol. The maximum absolute atomic E-state index is 9.96. The van der Waals surface area contributed by atoms with E-state index in [0.29, 0.717) is 85.1 Å². The summed E-state index contributed by atoms with van der Waals surface area (Å²) in [4.78, 5) is 11.2. The van der Waals surface area contributed by atoms with Gasteiger partial charge in [0.05, 0.1) is 24.8 Å². The molecule has 0 aliphatic carbocycles. The molecule has 2 aliphatic heterocycles. The molecule has 0 unspecified atom stereocenters. The van der Waals surface area contributed by atoms with Crippen LogP contribution in [0.15, 0.2) is 183 Å². The van der Waals surface area contributed by atoms with Crippen molar-refractivity contribution in [1.29, 1.82) is 5.26 Å². The standard InChI is InChI=1S/C47H37N5O4.C21H24O2/c1-31-12-15-41(22-32(31)26-48)55-39-10-6-8-37(23-39)51-27-33-20-35(13-18-45(33)53-29-51)47(2,3)36-14-19-46-34(21-36)28-52(30-54-46)38-9-7-11-40(24-38)56-42-16-17-43(49-4)44(25-42)50-5;1-5-7-15-13-17(9-11-19(15)22)21(3,4)18-10-12-20(23)16(14-18)8-6-2/h6-25H,27-30H2,1-3H3;5-6,9-14,22-23H,1-2,7-8H2,3-4H3. The Balaban J connectivity index is 0.000000276. The van der Waals surface area contributed by atoms with Crippen molar-refractivity contribution in [3.63, 3.8) is 0 Å². The van der Waals surface area contributed by atoms with Gasteiger partial charge in [-0.25, -0.2) is 4.85 Å². The number of allylic oxidation sites excluding steroid dienone is 2. The molecule has 11 nitrogen and oxygen atoms in total. The van der Waals surface area contributed by atoms with Crippen molar-refractivity contribution < 1.29 is 29.2 Å². The first-order valence-electron chi connectivity index (χ1n) is 25.9. The third kappa shape index (κ3) is 11.9. The fraction of sp³-hybridized carbons (Fsp3) is 0.191. The summed E-state index contributed by atoms with van der Waals surface area (Å²) in [7, 11) is 0. The van der Waals surface area contributed by atoms with Gasteiger partial charge in [0.25, 0.3) is 0 Å². The zero-order chi connectivity index (χ0) is 55.8. The van der Waals surface area contributed by atoms with Gasteiger partial charge in [0.1, 0.15) is 46.0 Å². The van der Waals surface area contributed by atoms with Gasteiger partial charge < -0.3 is 39.0 Å². The van der Waals surface area contributed by atoms with E-state index in [1.807, 2.05) is 85.8 Å². The van der Waals surface area contributed by atoms with Crippen molar-refractivity contribution in [3.05, 3.63) is 262 Å². The zero-order valence-electron chi connectivity index (χ0n) is 45.1. The molecule has 0 atom stereocenters. The fourth-order valence-electron chi connectivity index (χ4n) is 9.81. The van der Waals surface area contributed by atoms with Crippen LogP contribution in [0.3, 0.4) is 0 Å². The summed E-state index contributed by atoms with van der Waals surface area (Å²) in [5.41, 5.74) is 12.0. The van der Waals surface area contributed by atoms with Gasteiger partial charge in [-0.1, -0.05) is 101 Å². The van der Waals surface area contributed by atoms with Crippen molar-refractivity contribution >= 4 is 22.7 Å². The highest BCUT2D eigenvalue weighted by Crippen LogP contribution is 2.42. The van der Waals surface area contributed by atoms with Crippen molar-refractivity contribution in [1.82, 2.24) is 0 Å². The number of ether oxygens (including phenoxy) is 4. The number of phenols is 2. The Bertz CT molecular complexity index is 3690. The molecule has 2 aliphatic rings. The summed E-state index contributed by atoms with van der Waals surface area (Å²) in [5.74, 6) is 4.78. The van der Waals surface area contributed by atoms with E-state index in [9.17, 15) is 15.5 Å². The van der Waals surface area contributed by atoms with E-state index in [1.165, 1.54) is 11.1 Å². The lowest BCUT2D eigenvalue weighted by Crippen LogP contribution is -2.33. The molecule has 0 amide bonds. The van der Waals surface area contributed by atoms with Crippen molar-refractivity contribution in [3.8, 4) is 52.1 Å². The minimum atomic E-state index is -0.320. The Morgan fingerprint density at radius 2 is 1.01 bits per heavy atom. The number of hydrogen-bond donors (Lipinski definition) is 2. The van der Waals surface area contributed by atoms with Crippen LogP contribution >= 0.6 is 0 Å². The number of phenolic OH excluding ortho intramolecular Hbond substituents is 2. The van der Waals surface area contributed by atoms with Gasteiger partial charge in [0, 0.05) is 58.6 Å². The SMILES string of the molecule is C=CCc1cc(C(C)(C)c2ccc(O)c(CC=C)c2)ccc1O.[C-]#[N+]c1ccc(Oc2cccc(N3COc4ccc(C(C)(C)c5ccc6c(c5)CN(c5cccc(Oc7ccc(C)c(C#N)c7)c5)CO6)cc4C3)c2)cc1[N+]#[C-]. The van der Waals surface area contributed by atoms with Crippen LogP contribution in [0.5, 0.6) is 46.0 Å². The summed E-state index contributed by atoms with van der Waals surface area (Å²) in [6.45, 7) is 35.0. The van der Waals surface area contributed by atoms with E-state index in [1.54, 1.807) is 48.6 Å². The molecule has 2 heterocycles. The molecule has 11 heteroatoms. The third-order valence-corrected chi connectivity index (χ3v) is 14.7. The number of rotatable bonds is 14. The number of aromatic hydroxyl groups is 2. The molecule has 10 rings (SSSR count). The lowest BCUT2D eigenvalue weighted by Gasteiger charge is -2.34. The molecule has 79 heavy (non-hydrogen) atoms. The average Bonchev–Trinajstić information content (AvgIpc) is 3.52. The third-order valence-electron chi connectivity index (χ3n) is 14.7. The molecule has 0 bridgehead atoms. The summed E-state index contributed by atoms with van der Waals surface area (Å²) in [6.07, 6.45) is 4.84. The van der Waals surface area contributed by atoms with E-state index < -0.39 is 0 Å². The van der Waals surface area contributed by atoms with Gasteiger partial charge in [-0.15, -0.1) is 13.2 Å². The molecule has 2 N–H and O–H groups in total. The Labute approximate surface area is 463 Å². The van der Waals surface area contributed by atoms with Crippen LogP contribution in [-0.4, -0.2) is 23.7 Å². The zero-order valence-corrected chi connectivity index (χ0v) is 45.1. The minimum absolute atomic E-state index is 0.243. The van der Waals surface area contributed by atoms with Gasteiger partial charge in [-0.2, -0.15) is 5.26 Å². The lowest BCUT2D eigenvalue weighted by atomic mass is 9.77. The van der Waals surface area contributed by atoms with Crippen LogP contribution in [-0.2, 0) is 36.8 Å². The maximum atomic E-state index is 9.96. The predicted molar refractivity (Wildman–Crippen MR) is 312 cm³/mol. The second-order valence-corrected chi connectivity index (χ2v) is 20.7. The first-order chi connectivity index (χ1) is 38.1. The Morgan fingerprint density at radius 3 is 1.48 bits per heavy atom. The quantitative estimate of drug-likeness (QED) is 0.0811. The van der Waals surface area contributed by atoms with Gasteiger partial charge in [-0.05, 0) is 144 Å². The molecule has 0 saturated carbocycles. The van der Waals surface area contributed by atoms with Crippen molar-refractivity contribution in [2.45, 2.75) is 71.4 Å². The summed E-state index contributed by atoms with van der Waals surface area (Å²) in [6, 6.07) is 52.8. The van der Waals surface area contributed by atoms with Crippen molar-refractivity contribution in [2.75, 3.05) is 23.3 Å². The number of anilines is 2. The van der Waals surface area contributed by atoms with Crippen molar-refractivity contribution in [2.24, 2.45) is 0 Å². The normalized spacial score (nSPS) is 12.6. The highest BCUT2D eigenvalue weighted by atomic mass is 16.5. The van der Waals surface area contributed by atoms with E-state index in [0.717, 1.165) is 61.8 Å². The van der Waals surface area contributed by atoms with Crippen LogP contribution in [0.2, 0.25) is 0 Å². The molecule has 0 aromatic heterocycles. The Morgan fingerprint density at radius 1 is 0.570 bits per heavy atom. The molecule has 0 saturated heterocycles. The number of nitrogens with zero attached hydrogens (tertiary/aromatic N) is 5. The van der Waals surface area contributed by atoms with Gasteiger partial charge in [0.2, 0.25) is 0 Å². The molecular weight excluding hydrogens is 983 g/mol. The highest BCUT2D eigenvalue weighted by Gasteiger charge is 2.29. The van der Waals surface area contributed by atoms with Crippen LogP contribution in [0.4, 0.5) is 22.7 Å². The predicted octanol–water partition coefficient (Wildman–Crippen LogP) is 16.5. The van der Waals surface area contributed by atoms with E-state index >= 15 is 0 Å². The first kappa shape index (κ1) is 53.9. The smallest absolute Gasteiger partial charge is 0.198 e. The number of benzene rings is 8. The number of nitriles is 1. The lowest BCUT2D eigenvalue weighted by molar-refractivity contribution is 0.288.